The van der Waals surface area contributed by atoms with Gasteiger partial charge in [0.25, 0.3) is 0 Å². The highest BCUT2D eigenvalue weighted by atomic mass is 16.6. The molecule has 0 spiro atoms. The van der Waals surface area contributed by atoms with Crippen molar-refractivity contribution in [1.29, 1.82) is 0 Å². The van der Waals surface area contributed by atoms with Crippen molar-refractivity contribution in [2.24, 2.45) is 0 Å². The first-order valence-corrected chi connectivity index (χ1v) is 5.66. The maximum Gasteiger partial charge on any atom is 0.0781 e. The Balaban J connectivity index is 0.000000256. The van der Waals surface area contributed by atoms with Crippen molar-refractivity contribution >= 4 is 0 Å². The molecule has 5 nitrogen and oxygen atoms in total. The molecule has 16 heavy (non-hydrogen) atoms. The van der Waals surface area contributed by atoms with Gasteiger partial charge in [0.1, 0.15) is 0 Å². The molecule has 5 heteroatoms. The summed E-state index contributed by atoms with van der Waals surface area (Å²) < 4.78 is 14.2. The van der Waals surface area contributed by atoms with Gasteiger partial charge in [-0.1, -0.05) is 0 Å². The molecule has 3 atom stereocenters. The summed E-state index contributed by atoms with van der Waals surface area (Å²) in [6, 6.07) is 0. The van der Waals surface area contributed by atoms with Crippen molar-refractivity contribution in [3.05, 3.63) is 0 Å². The van der Waals surface area contributed by atoms with Crippen LogP contribution in [0.25, 0.3) is 0 Å². The van der Waals surface area contributed by atoms with E-state index in [4.69, 9.17) is 19.7 Å². The fraction of sp³-hybridized carbons (Fsp3) is 1.00. The van der Waals surface area contributed by atoms with Crippen LogP contribution in [-0.2, 0) is 14.2 Å². The van der Waals surface area contributed by atoms with Gasteiger partial charge in [0.2, 0.25) is 0 Å². The molecule has 2 aliphatic rings. The predicted octanol–water partition coefficient (Wildman–Crippen LogP) is 0.186. The average molecular weight is 236 g/mol. The van der Waals surface area contributed by atoms with E-state index in [1.54, 1.807) is 13.8 Å². The molecular formula is C11H24O5. The first kappa shape index (κ1) is 15.8. The van der Waals surface area contributed by atoms with Crippen molar-refractivity contribution < 1.29 is 24.4 Å². The predicted molar refractivity (Wildman–Crippen MR) is 60.4 cm³/mol. The maximum absolute atomic E-state index is 8.69. The molecule has 0 aromatic carbocycles. The summed E-state index contributed by atoms with van der Waals surface area (Å²) in [5.41, 5.74) is 0. The Kier molecular flexibility index (Phi) is 9.86. The van der Waals surface area contributed by atoms with E-state index in [1.165, 1.54) is 0 Å². The Bertz CT molecular complexity index is 143. The minimum absolute atomic E-state index is 0.00667. The second-order valence-corrected chi connectivity index (χ2v) is 3.93. The van der Waals surface area contributed by atoms with Crippen LogP contribution in [0.5, 0.6) is 0 Å². The van der Waals surface area contributed by atoms with Crippen molar-refractivity contribution in [2.75, 3.05) is 33.0 Å². The molecule has 3 unspecified atom stereocenters. The summed E-state index contributed by atoms with van der Waals surface area (Å²) in [6.45, 7) is 8.74. The topological polar surface area (TPSA) is 74.8 Å². The molecule has 2 heterocycles. The first-order chi connectivity index (χ1) is 7.56. The van der Waals surface area contributed by atoms with Crippen LogP contribution in [0.4, 0.5) is 0 Å². The zero-order chi connectivity index (χ0) is 12.4. The molecule has 2 aliphatic heterocycles. The van der Waals surface area contributed by atoms with Gasteiger partial charge in [0.05, 0.1) is 51.3 Å². The zero-order valence-electron chi connectivity index (χ0n) is 10.4. The average Bonchev–Trinajstić information content (AvgIpc) is 3.07. The third-order valence-corrected chi connectivity index (χ3v) is 1.58. The molecule has 2 rings (SSSR count). The minimum atomic E-state index is -0.445. The van der Waals surface area contributed by atoms with Crippen LogP contribution in [0.3, 0.4) is 0 Å². The van der Waals surface area contributed by atoms with E-state index >= 15 is 0 Å². The highest BCUT2D eigenvalue weighted by Gasteiger charge is 2.13. The molecule has 0 saturated carbocycles. The molecule has 0 radical (unpaired) electrons. The summed E-state index contributed by atoms with van der Waals surface area (Å²) in [7, 11) is 0. The molecule has 2 fully saturated rings. The molecule has 2 N–H and O–H groups in total. The van der Waals surface area contributed by atoms with Gasteiger partial charge in [0, 0.05) is 0 Å². The van der Waals surface area contributed by atoms with E-state index in [9.17, 15) is 0 Å². The Hall–Kier alpha value is -0.200. The van der Waals surface area contributed by atoms with Gasteiger partial charge in [-0.2, -0.15) is 0 Å². The molecule has 0 aliphatic carbocycles. The lowest BCUT2D eigenvalue weighted by atomic mass is 10.4. The SMILES string of the molecule is C1CO1.CC(O)COC(C)CO.CC1CO1. The summed E-state index contributed by atoms with van der Waals surface area (Å²) in [6.07, 6.45) is -0.0291. The van der Waals surface area contributed by atoms with E-state index in [0.717, 1.165) is 19.8 Å². The van der Waals surface area contributed by atoms with Crippen molar-refractivity contribution in [1.82, 2.24) is 0 Å². The first-order valence-electron chi connectivity index (χ1n) is 5.66. The van der Waals surface area contributed by atoms with E-state index in [1.807, 2.05) is 0 Å². The van der Waals surface area contributed by atoms with Gasteiger partial charge in [-0.05, 0) is 20.8 Å². The van der Waals surface area contributed by atoms with E-state index in [0.29, 0.717) is 12.7 Å². The molecule has 0 aromatic rings. The van der Waals surface area contributed by atoms with E-state index in [2.05, 4.69) is 11.7 Å². The number of aliphatic hydroxyl groups is 2. The minimum Gasteiger partial charge on any atom is -0.394 e. The Morgan fingerprint density at radius 3 is 2.00 bits per heavy atom. The fourth-order valence-electron chi connectivity index (χ4n) is 0.452. The maximum atomic E-state index is 8.69. The summed E-state index contributed by atoms with van der Waals surface area (Å²) >= 11 is 0. The number of hydrogen-bond donors (Lipinski definition) is 2. The lowest BCUT2D eigenvalue weighted by molar-refractivity contribution is -0.0177. The second-order valence-electron chi connectivity index (χ2n) is 3.93. The van der Waals surface area contributed by atoms with Crippen molar-refractivity contribution in [3.63, 3.8) is 0 Å². The van der Waals surface area contributed by atoms with Crippen LogP contribution in [0, 0.1) is 0 Å². The second kappa shape index (κ2) is 9.99. The normalized spacial score (nSPS) is 24.2. The summed E-state index contributed by atoms with van der Waals surface area (Å²) in [5, 5.41) is 17.1. The third kappa shape index (κ3) is 19.4. The van der Waals surface area contributed by atoms with Gasteiger partial charge < -0.3 is 24.4 Å². The van der Waals surface area contributed by atoms with E-state index < -0.39 is 6.10 Å². The highest BCUT2D eigenvalue weighted by Crippen LogP contribution is 2.04. The molecule has 2 saturated heterocycles. The lowest BCUT2D eigenvalue weighted by Gasteiger charge is -2.10. The highest BCUT2D eigenvalue weighted by molar-refractivity contribution is 4.58. The van der Waals surface area contributed by atoms with Gasteiger partial charge in [0.15, 0.2) is 0 Å². The van der Waals surface area contributed by atoms with Crippen LogP contribution >= 0.6 is 0 Å². The van der Waals surface area contributed by atoms with Crippen LogP contribution in [0.15, 0.2) is 0 Å². The Morgan fingerprint density at radius 2 is 1.81 bits per heavy atom. The number of rotatable bonds is 4. The van der Waals surface area contributed by atoms with Gasteiger partial charge in [-0.15, -0.1) is 0 Å². The molecule has 0 amide bonds. The standard InChI is InChI=1S/C6H14O3.C3H6O.C2H4O/c1-5(8)4-9-6(2)3-7;1-3-2-4-3;1-2-3-1/h5-8H,3-4H2,1-2H3;3H,2H2,1H3;1-2H2. The smallest absolute Gasteiger partial charge is 0.0781 e. The number of epoxide rings is 2. The summed E-state index contributed by atoms with van der Waals surface area (Å²) in [4.78, 5) is 0. The van der Waals surface area contributed by atoms with Gasteiger partial charge >= 0.3 is 0 Å². The lowest BCUT2D eigenvalue weighted by Crippen LogP contribution is -2.19. The molecule has 0 aromatic heterocycles. The molecule has 98 valence electrons. The quantitative estimate of drug-likeness (QED) is 0.681. The Labute approximate surface area is 97.3 Å². The van der Waals surface area contributed by atoms with Crippen LogP contribution in [0.1, 0.15) is 20.8 Å². The number of hydrogen-bond acceptors (Lipinski definition) is 5. The Morgan fingerprint density at radius 1 is 1.38 bits per heavy atom. The number of aliphatic hydroxyl groups excluding tert-OH is 2. The van der Waals surface area contributed by atoms with Crippen LogP contribution < -0.4 is 0 Å². The van der Waals surface area contributed by atoms with Crippen molar-refractivity contribution in [2.45, 2.75) is 39.1 Å². The van der Waals surface area contributed by atoms with Crippen LogP contribution in [-0.4, -0.2) is 61.6 Å². The molecule has 0 bridgehead atoms. The van der Waals surface area contributed by atoms with Crippen molar-refractivity contribution in [3.8, 4) is 0 Å². The monoisotopic (exact) mass is 236 g/mol. The third-order valence-electron chi connectivity index (χ3n) is 1.58. The van der Waals surface area contributed by atoms with Crippen LogP contribution in [0.2, 0.25) is 0 Å². The van der Waals surface area contributed by atoms with Gasteiger partial charge in [-0.25, -0.2) is 0 Å². The largest absolute Gasteiger partial charge is 0.394 e. The van der Waals surface area contributed by atoms with E-state index in [-0.39, 0.29) is 12.7 Å². The summed E-state index contributed by atoms with van der Waals surface area (Å²) in [5.74, 6) is 0. The number of ether oxygens (including phenoxy) is 3. The zero-order valence-corrected chi connectivity index (χ0v) is 10.4. The molecular weight excluding hydrogens is 212 g/mol. The fourth-order valence-corrected chi connectivity index (χ4v) is 0.452. The van der Waals surface area contributed by atoms with Gasteiger partial charge in [-0.3, -0.25) is 0 Å².